The average Bonchev–Trinajstić information content (AvgIpc) is 3.16. The molecule has 3 rings (SSSR count). The van der Waals surface area contributed by atoms with Crippen LogP contribution in [0.2, 0.25) is 0 Å². The molecule has 3 aromatic carbocycles. The normalized spacial score (nSPS) is 13.4. The summed E-state index contributed by atoms with van der Waals surface area (Å²) in [5, 5.41) is 0. The first-order valence-electron chi connectivity index (χ1n) is 17.8. The van der Waals surface area contributed by atoms with Gasteiger partial charge in [0, 0.05) is 6.42 Å². The molecular formula is C39H37F13O7. The molecular weight excluding hydrogens is 827 g/mol. The third kappa shape index (κ3) is 11.6. The number of unbranched alkanes of at least 4 members (excludes halogenated alkanes) is 4. The molecule has 0 amide bonds. The molecule has 0 bridgehead atoms. The zero-order valence-electron chi connectivity index (χ0n) is 31.1. The number of hydrogen-bond acceptors (Lipinski definition) is 7. The van der Waals surface area contributed by atoms with Gasteiger partial charge in [0.2, 0.25) is 0 Å². The van der Waals surface area contributed by atoms with Gasteiger partial charge in [0.1, 0.15) is 17.2 Å². The Balaban J connectivity index is 1.46. The zero-order chi connectivity index (χ0) is 44.5. The molecule has 59 heavy (non-hydrogen) atoms. The SMILES string of the molecule is CCCCCCC(C)OC(=O)c1ccc(OC(=O)c2ccc(OC(=O)c3ccc(OCCCCC(F)(F)C(F)(F)C(F)(F)C(F)(F)C(F)(F)C(F)(F)F)cc3)cc2)cc1. The molecule has 1 atom stereocenters. The molecule has 0 aliphatic rings. The first kappa shape index (κ1) is 48.3. The maximum Gasteiger partial charge on any atom is 0.460 e. The number of hydrogen-bond donors (Lipinski definition) is 0. The van der Waals surface area contributed by atoms with E-state index in [1.807, 2.05) is 6.92 Å². The number of esters is 3. The summed E-state index contributed by atoms with van der Waals surface area (Å²) in [6.45, 7) is 3.33. The molecule has 0 aliphatic carbocycles. The summed E-state index contributed by atoms with van der Waals surface area (Å²) >= 11 is 0. The summed E-state index contributed by atoms with van der Waals surface area (Å²) in [5.74, 6) is -39.1. The second-order valence-corrected chi connectivity index (χ2v) is 13.2. The molecule has 7 nitrogen and oxygen atoms in total. The van der Waals surface area contributed by atoms with Crippen molar-refractivity contribution in [3.63, 3.8) is 0 Å². The van der Waals surface area contributed by atoms with E-state index in [-0.39, 0.29) is 40.0 Å². The topological polar surface area (TPSA) is 88.1 Å². The number of ether oxygens (including phenoxy) is 4. The molecule has 0 N–H and O–H groups in total. The van der Waals surface area contributed by atoms with Crippen molar-refractivity contribution in [2.45, 2.75) is 107 Å². The second kappa shape index (κ2) is 19.4. The minimum Gasteiger partial charge on any atom is -0.494 e. The second-order valence-electron chi connectivity index (χ2n) is 13.2. The molecule has 3 aromatic rings. The molecule has 0 heterocycles. The maximum absolute atomic E-state index is 14.0. The Morgan fingerprint density at radius 3 is 1.37 bits per heavy atom. The number of rotatable bonds is 21. The Labute approximate surface area is 328 Å². The summed E-state index contributed by atoms with van der Waals surface area (Å²) in [4.78, 5) is 37.6. The van der Waals surface area contributed by atoms with Gasteiger partial charge in [-0.3, -0.25) is 0 Å². The van der Waals surface area contributed by atoms with E-state index in [4.69, 9.17) is 18.9 Å². The van der Waals surface area contributed by atoms with E-state index in [1.54, 1.807) is 0 Å². The summed E-state index contributed by atoms with van der Waals surface area (Å²) in [7, 11) is 0. The Hall–Kier alpha value is -5.04. The monoisotopic (exact) mass is 864 g/mol. The molecule has 0 saturated heterocycles. The molecule has 0 fully saturated rings. The maximum atomic E-state index is 14.0. The lowest BCUT2D eigenvalue weighted by Gasteiger charge is -2.39. The van der Waals surface area contributed by atoms with Gasteiger partial charge in [-0.1, -0.05) is 26.2 Å². The molecule has 0 saturated carbocycles. The highest BCUT2D eigenvalue weighted by Gasteiger charge is 2.90. The van der Waals surface area contributed by atoms with Gasteiger partial charge >= 0.3 is 53.7 Å². The first-order valence-corrected chi connectivity index (χ1v) is 17.8. The lowest BCUT2D eigenvalue weighted by atomic mass is 9.92. The molecule has 1 unspecified atom stereocenters. The van der Waals surface area contributed by atoms with Gasteiger partial charge < -0.3 is 18.9 Å². The van der Waals surface area contributed by atoms with Crippen molar-refractivity contribution in [2.75, 3.05) is 6.61 Å². The number of carbonyl (C=O) groups is 3. The summed E-state index contributed by atoms with van der Waals surface area (Å²) in [5.41, 5.74) is 0.300. The van der Waals surface area contributed by atoms with Crippen molar-refractivity contribution in [2.24, 2.45) is 0 Å². The van der Waals surface area contributed by atoms with Gasteiger partial charge in [-0.05, 0) is 105 Å². The van der Waals surface area contributed by atoms with E-state index < -0.39 is 79.6 Å². The predicted octanol–water partition coefficient (Wildman–Crippen LogP) is 11.9. The first-order chi connectivity index (χ1) is 27.3. The lowest BCUT2D eigenvalue weighted by molar-refractivity contribution is -0.440. The van der Waals surface area contributed by atoms with Crippen LogP contribution in [-0.4, -0.2) is 66.4 Å². The molecule has 326 valence electrons. The largest absolute Gasteiger partial charge is 0.494 e. The van der Waals surface area contributed by atoms with Crippen molar-refractivity contribution in [1.82, 2.24) is 0 Å². The minimum absolute atomic E-state index is 0.00672. The van der Waals surface area contributed by atoms with Crippen LogP contribution >= 0.6 is 0 Å². The van der Waals surface area contributed by atoms with Crippen LogP contribution in [0.1, 0.15) is 96.3 Å². The highest BCUT2D eigenvalue weighted by atomic mass is 19.4. The highest BCUT2D eigenvalue weighted by Crippen LogP contribution is 2.60. The molecule has 0 aliphatic heterocycles. The van der Waals surface area contributed by atoms with Crippen LogP contribution in [0.15, 0.2) is 72.8 Å². The van der Waals surface area contributed by atoms with Crippen LogP contribution in [0.5, 0.6) is 17.2 Å². The molecule has 20 heteroatoms. The lowest BCUT2D eigenvalue weighted by Crippen LogP contribution is -2.70. The van der Waals surface area contributed by atoms with Crippen LogP contribution in [-0.2, 0) is 4.74 Å². The fourth-order valence-electron chi connectivity index (χ4n) is 5.10. The van der Waals surface area contributed by atoms with Gasteiger partial charge in [0.05, 0.1) is 29.4 Å². The standard InChI is InChI=1S/C39H37F13O7/c1-3-4-5-6-9-24(2)57-31(53)25-12-18-29(19-13-25)59-33(55)27-14-20-30(21-15-27)58-32(54)26-10-16-28(17-11-26)56-23-8-7-22-34(40,41)35(42,43)36(44,45)37(46,47)38(48,49)39(50,51)52/h10-21,24H,3-9,22-23H2,1-2H3. The van der Waals surface area contributed by atoms with Gasteiger partial charge in [-0.15, -0.1) is 0 Å². The van der Waals surface area contributed by atoms with Crippen LogP contribution in [0.4, 0.5) is 57.1 Å². The number of benzene rings is 3. The quantitative estimate of drug-likeness (QED) is 0.0456. The van der Waals surface area contributed by atoms with Crippen molar-refractivity contribution < 1.29 is 90.4 Å². The van der Waals surface area contributed by atoms with E-state index in [1.165, 1.54) is 72.8 Å². The number of carbonyl (C=O) groups excluding carboxylic acids is 3. The highest BCUT2D eigenvalue weighted by molar-refractivity contribution is 5.93. The Kier molecular flexibility index (Phi) is 15.9. The van der Waals surface area contributed by atoms with Crippen LogP contribution in [0, 0.1) is 0 Å². The fourth-order valence-corrected chi connectivity index (χ4v) is 5.10. The Bertz CT molecular complexity index is 1850. The van der Waals surface area contributed by atoms with E-state index in [0.29, 0.717) is 0 Å². The van der Waals surface area contributed by atoms with Gasteiger partial charge in [-0.25, -0.2) is 14.4 Å². The van der Waals surface area contributed by atoms with Gasteiger partial charge in [-0.2, -0.15) is 57.1 Å². The van der Waals surface area contributed by atoms with Gasteiger partial charge in [0.25, 0.3) is 0 Å². The van der Waals surface area contributed by atoms with E-state index in [9.17, 15) is 71.5 Å². The number of alkyl halides is 13. The van der Waals surface area contributed by atoms with Crippen molar-refractivity contribution in [3.8, 4) is 17.2 Å². The third-order valence-electron chi connectivity index (χ3n) is 8.62. The number of halogens is 13. The van der Waals surface area contributed by atoms with Gasteiger partial charge in [0.15, 0.2) is 0 Å². The van der Waals surface area contributed by atoms with Crippen molar-refractivity contribution >= 4 is 17.9 Å². The van der Waals surface area contributed by atoms with Crippen molar-refractivity contribution in [1.29, 1.82) is 0 Å². The fraction of sp³-hybridized carbons (Fsp3) is 0.462. The average molecular weight is 865 g/mol. The Morgan fingerprint density at radius 2 is 0.932 bits per heavy atom. The minimum atomic E-state index is -7.95. The predicted molar refractivity (Wildman–Crippen MR) is 183 cm³/mol. The van der Waals surface area contributed by atoms with E-state index in [2.05, 4.69) is 6.92 Å². The van der Waals surface area contributed by atoms with Crippen LogP contribution < -0.4 is 14.2 Å². The molecule has 0 spiro atoms. The smallest absolute Gasteiger partial charge is 0.460 e. The van der Waals surface area contributed by atoms with Crippen LogP contribution in [0.3, 0.4) is 0 Å². The summed E-state index contributed by atoms with van der Waals surface area (Å²) in [6, 6.07) is 15.6. The van der Waals surface area contributed by atoms with Crippen molar-refractivity contribution in [3.05, 3.63) is 89.5 Å². The summed E-state index contributed by atoms with van der Waals surface area (Å²) in [6.07, 6.45) is -6.93. The summed E-state index contributed by atoms with van der Waals surface area (Å²) < 4.78 is 193. The molecule has 0 aromatic heterocycles. The van der Waals surface area contributed by atoms with Crippen LogP contribution in [0.25, 0.3) is 0 Å². The Morgan fingerprint density at radius 1 is 0.508 bits per heavy atom. The van der Waals surface area contributed by atoms with E-state index in [0.717, 1.165) is 32.1 Å². The van der Waals surface area contributed by atoms with E-state index >= 15 is 0 Å². The molecule has 0 radical (unpaired) electrons. The zero-order valence-corrected chi connectivity index (χ0v) is 31.1. The third-order valence-corrected chi connectivity index (χ3v) is 8.62.